The number of hydrogen-bond donors (Lipinski definition) is 2. The van der Waals surface area contributed by atoms with Crippen LogP contribution < -0.4 is 10.6 Å². The zero-order chi connectivity index (χ0) is 20.5. The maximum atomic E-state index is 12.9. The van der Waals surface area contributed by atoms with Gasteiger partial charge in [-0.05, 0) is 75.2 Å². The van der Waals surface area contributed by atoms with Crippen LogP contribution >= 0.6 is 0 Å². The number of carbonyl (C=O) groups is 1. The molecule has 2 bridgehead atoms. The third-order valence-electron chi connectivity index (χ3n) is 6.55. The Labute approximate surface area is 177 Å². The highest BCUT2D eigenvalue weighted by atomic mass is 16.3. The Balaban J connectivity index is 1.34. The van der Waals surface area contributed by atoms with Crippen molar-refractivity contribution in [2.24, 2.45) is 5.92 Å². The Morgan fingerprint density at radius 2 is 1.70 bits per heavy atom. The third kappa shape index (κ3) is 3.61. The average Bonchev–Trinajstić information content (AvgIpc) is 3.28. The number of benzene rings is 2. The minimum atomic E-state index is -0.125. The van der Waals surface area contributed by atoms with Crippen LogP contribution in [0.4, 0.5) is 11.4 Å². The number of piperidine rings is 3. The van der Waals surface area contributed by atoms with Crippen molar-refractivity contribution in [3.8, 4) is 11.3 Å². The summed E-state index contributed by atoms with van der Waals surface area (Å²) in [6, 6.07) is 22.2. The summed E-state index contributed by atoms with van der Waals surface area (Å²) in [5.41, 5.74) is 2.87. The molecule has 0 unspecified atom stereocenters. The van der Waals surface area contributed by atoms with Crippen molar-refractivity contribution >= 4 is 17.3 Å². The molecule has 2 N–H and O–H groups in total. The molecule has 154 valence electrons. The standard InChI is InChI=1S/C25H27N3O2/c1-17-24(18-13-15-28(17)16-14-18)27-25(29)23-12-11-22(30-23)20-9-5-6-10-21(20)26-19-7-3-2-4-8-19/h2-12,17-18,24,26H,13-16H2,1H3,(H,27,29)/t17-,24+/m1/s1. The van der Waals surface area contributed by atoms with E-state index >= 15 is 0 Å². The van der Waals surface area contributed by atoms with E-state index in [0.717, 1.165) is 42.9 Å². The van der Waals surface area contributed by atoms with Gasteiger partial charge in [0.1, 0.15) is 5.76 Å². The van der Waals surface area contributed by atoms with E-state index in [4.69, 9.17) is 4.42 Å². The number of para-hydroxylation sites is 2. The lowest BCUT2D eigenvalue weighted by Gasteiger charge is -2.49. The van der Waals surface area contributed by atoms with Crippen LogP contribution in [0, 0.1) is 5.92 Å². The highest BCUT2D eigenvalue weighted by Gasteiger charge is 2.40. The first-order valence-corrected chi connectivity index (χ1v) is 10.8. The molecule has 2 atom stereocenters. The highest BCUT2D eigenvalue weighted by Crippen LogP contribution is 2.34. The van der Waals surface area contributed by atoms with Crippen molar-refractivity contribution in [3.05, 3.63) is 72.5 Å². The number of anilines is 2. The molecule has 6 rings (SSSR count). The normalized spacial score (nSPS) is 25.1. The average molecular weight is 402 g/mol. The van der Waals surface area contributed by atoms with E-state index in [1.165, 1.54) is 0 Å². The maximum Gasteiger partial charge on any atom is 0.287 e. The molecule has 5 nitrogen and oxygen atoms in total. The van der Waals surface area contributed by atoms with Gasteiger partial charge < -0.3 is 15.1 Å². The summed E-state index contributed by atoms with van der Waals surface area (Å²) in [4.78, 5) is 15.4. The Bertz CT molecular complexity index is 1020. The van der Waals surface area contributed by atoms with Crippen molar-refractivity contribution in [1.82, 2.24) is 10.2 Å². The fourth-order valence-electron chi connectivity index (χ4n) is 4.86. The first-order valence-electron chi connectivity index (χ1n) is 10.8. The van der Waals surface area contributed by atoms with Gasteiger partial charge in [0, 0.05) is 29.0 Å². The molecular formula is C25H27N3O2. The van der Waals surface area contributed by atoms with Gasteiger partial charge in [-0.1, -0.05) is 30.3 Å². The molecule has 0 saturated carbocycles. The second-order valence-electron chi connectivity index (χ2n) is 8.31. The number of furan rings is 1. The SMILES string of the molecule is C[C@@H]1[C@H](NC(=O)c2ccc(-c3ccccc3Nc3ccccc3)o2)C2CCN1CC2. The van der Waals surface area contributed by atoms with E-state index in [1.807, 2.05) is 60.7 Å². The Hall–Kier alpha value is -3.05. The quantitative estimate of drug-likeness (QED) is 0.638. The predicted octanol–water partition coefficient (Wildman–Crippen LogP) is 4.90. The maximum absolute atomic E-state index is 12.9. The lowest BCUT2D eigenvalue weighted by atomic mass is 9.79. The minimum Gasteiger partial charge on any atom is -0.451 e. The minimum absolute atomic E-state index is 0.125. The van der Waals surface area contributed by atoms with Gasteiger partial charge in [-0.15, -0.1) is 0 Å². The molecule has 3 aromatic rings. The van der Waals surface area contributed by atoms with Crippen molar-refractivity contribution in [3.63, 3.8) is 0 Å². The van der Waals surface area contributed by atoms with Gasteiger partial charge in [-0.2, -0.15) is 0 Å². The summed E-state index contributed by atoms with van der Waals surface area (Å²) in [6.45, 7) is 4.51. The van der Waals surface area contributed by atoms with E-state index in [0.29, 0.717) is 23.5 Å². The predicted molar refractivity (Wildman–Crippen MR) is 119 cm³/mol. The smallest absolute Gasteiger partial charge is 0.287 e. The lowest BCUT2D eigenvalue weighted by molar-refractivity contribution is 0.0211. The molecule has 0 aliphatic carbocycles. The van der Waals surface area contributed by atoms with Gasteiger partial charge in [0.2, 0.25) is 0 Å². The summed E-state index contributed by atoms with van der Waals surface area (Å²) in [6.07, 6.45) is 2.33. The monoisotopic (exact) mass is 401 g/mol. The Morgan fingerprint density at radius 3 is 2.47 bits per heavy atom. The molecule has 2 aromatic carbocycles. The van der Waals surface area contributed by atoms with E-state index in [9.17, 15) is 4.79 Å². The molecule has 3 saturated heterocycles. The summed E-state index contributed by atoms with van der Waals surface area (Å²) in [5, 5.41) is 6.68. The van der Waals surface area contributed by atoms with Crippen LogP contribution in [0.3, 0.4) is 0 Å². The highest BCUT2D eigenvalue weighted by molar-refractivity contribution is 5.92. The number of nitrogens with one attached hydrogen (secondary N) is 2. The lowest BCUT2D eigenvalue weighted by Crippen LogP contribution is -2.62. The van der Waals surface area contributed by atoms with E-state index in [1.54, 1.807) is 6.07 Å². The molecule has 30 heavy (non-hydrogen) atoms. The molecule has 4 heterocycles. The Morgan fingerprint density at radius 1 is 0.967 bits per heavy atom. The van der Waals surface area contributed by atoms with Gasteiger partial charge in [0.05, 0.1) is 0 Å². The largest absolute Gasteiger partial charge is 0.451 e. The number of amides is 1. The first-order chi connectivity index (χ1) is 14.7. The Kier molecular flexibility index (Phi) is 5.05. The van der Waals surface area contributed by atoms with Crippen molar-refractivity contribution in [2.75, 3.05) is 18.4 Å². The molecular weight excluding hydrogens is 374 g/mol. The van der Waals surface area contributed by atoms with Gasteiger partial charge in [0.15, 0.2) is 5.76 Å². The van der Waals surface area contributed by atoms with Crippen LogP contribution in [0.15, 0.2) is 71.1 Å². The molecule has 0 radical (unpaired) electrons. The van der Waals surface area contributed by atoms with Gasteiger partial charge in [0.25, 0.3) is 5.91 Å². The van der Waals surface area contributed by atoms with Crippen molar-refractivity contribution in [2.45, 2.75) is 31.8 Å². The number of fused-ring (bicyclic) bond motifs is 3. The first kappa shape index (κ1) is 18.9. The van der Waals surface area contributed by atoms with Crippen LogP contribution in [-0.2, 0) is 0 Å². The second-order valence-corrected chi connectivity index (χ2v) is 8.31. The molecule has 3 fully saturated rings. The topological polar surface area (TPSA) is 57.5 Å². The fraction of sp³-hybridized carbons (Fsp3) is 0.320. The van der Waals surface area contributed by atoms with Gasteiger partial charge in [-0.25, -0.2) is 0 Å². The summed E-state index contributed by atoms with van der Waals surface area (Å²) < 4.78 is 6.00. The van der Waals surface area contributed by atoms with Crippen LogP contribution in [0.25, 0.3) is 11.3 Å². The van der Waals surface area contributed by atoms with Crippen LogP contribution in [0.2, 0.25) is 0 Å². The molecule has 0 spiro atoms. The zero-order valence-corrected chi connectivity index (χ0v) is 17.2. The summed E-state index contributed by atoms with van der Waals surface area (Å²) in [5.74, 6) is 1.49. The molecule has 3 aliphatic rings. The molecule has 1 aromatic heterocycles. The van der Waals surface area contributed by atoms with Gasteiger partial charge >= 0.3 is 0 Å². The van der Waals surface area contributed by atoms with Gasteiger partial charge in [-0.3, -0.25) is 9.69 Å². The summed E-state index contributed by atoms with van der Waals surface area (Å²) >= 11 is 0. The molecule has 1 amide bonds. The number of nitrogens with zero attached hydrogens (tertiary/aromatic N) is 1. The van der Waals surface area contributed by atoms with E-state index < -0.39 is 0 Å². The van der Waals surface area contributed by atoms with Crippen LogP contribution in [-0.4, -0.2) is 36.0 Å². The van der Waals surface area contributed by atoms with Crippen molar-refractivity contribution < 1.29 is 9.21 Å². The summed E-state index contributed by atoms with van der Waals surface area (Å²) in [7, 11) is 0. The number of carbonyl (C=O) groups excluding carboxylic acids is 1. The van der Waals surface area contributed by atoms with Crippen LogP contribution in [0.1, 0.15) is 30.3 Å². The van der Waals surface area contributed by atoms with Crippen LogP contribution in [0.5, 0.6) is 0 Å². The van der Waals surface area contributed by atoms with E-state index in [-0.39, 0.29) is 11.9 Å². The number of rotatable bonds is 5. The van der Waals surface area contributed by atoms with E-state index in [2.05, 4.69) is 22.5 Å². The third-order valence-corrected chi connectivity index (χ3v) is 6.55. The zero-order valence-electron chi connectivity index (χ0n) is 17.2. The second kappa shape index (κ2) is 8.00. The number of hydrogen-bond acceptors (Lipinski definition) is 4. The van der Waals surface area contributed by atoms with Crippen molar-refractivity contribution in [1.29, 1.82) is 0 Å². The fourth-order valence-corrected chi connectivity index (χ4v) is 4.86. The molecule has 3 aliphatic heterocycles. The molecule has 5 heteroatoms.